The average molecular weight is 291 g/mol. The second-order valence-electron chi connectivity index (χ2n) is 5.35. The minimum atomic E-state index is -0.798. The number of hydrogen-bond donors (Lipinski definition) is 1. The third-order valence-electron chi connectivity index (χ3n) is 3.89. The van der Waals surface area contributed by atoms with Gasteiger partial charge >= 0.3 is 5.97 Å². The van der Waals surface area contributed by atoms with Gasteiger partial charge in [0, 0.05) is 19.0 Å². The molecule has 1 aromatic rings. The lowest BCUT2D eigenvalue weighted by Gasteiger charge is -2.31. The van der Waals surface area contributed by atoms with Crippen molar-refractivity contribution in [3.8, 4) is 5.75 Å². The Kier molecular flexibility index (Phi) is 5.33. The number of methoxy groups -OCH3 is 1. The van der Waals surface area contributed by atoms with E-state index in [0.717, 1.165) is 19.4 Å². The Morgan fingerprint density at radius 1 is 1.38 bits per heavy atom. The van der Waals surface area contributed by atoms with Gasteiger partial charge in [0.05, 0.1) is 19.1 Å². The molecule has 1 aliphatic heterocycles. The summed E-state index contributed by atoms with van der Waals surface area (Å²) >= 11 is 0. The smallest absolute Gasteiger partial charge is 0.304 e. The zero-order valence-electron chi connectivity index (χ0n) is 12.2. The summed E-state index contributed by atoms with van der Waals surface area (Å²) in [7, 11) is 1.56. The van der Waals surface area contributed by atoms with Crippen molar-refractivity contribution in [3.05, 3.63) is 29.8 Å². The highest BCUT2D eigenvalue weighted by molar-refractivity contribution is 6.00. The van der Waals surface area contributed by atoms with E-state index in [9.17, 15) is 9.59 Å². The standard InChI is InChI=1S/C16H21NO4/c1-21-14-7-3-2-6-13(14)16(20)12-5-4-9-17(11-12)10-8-15(18)19/h2-3,6-7,12H,4-5,8-11H2,1H3,(H,18,19). The number of ketones is 1. The van der Waals surface area contributed by atoms with Crippen LogP contribution in [0.4, 0.5) is 0 Å². The number of rotatable bonds is 6. The molecule has 0 radical (unpaired) electrons. The van der Waals surface area contributed by atoms with Crippen LogP contribution in [0.25, 0.3) is 0 Å². The number of hydrogen-bond acceptors (Lipinski definition) is 4. The second-order valence-corrected chi connectivity index (χ2v) is 5.35. The molecule has 21 heavy (non-hydrogen) atoms. The highest BCUT2D eigenvalue weighted by Crippen LogP contribution is 2.26. The molecule has 1 saturated heterocycles. The van der Waals surface area contributed by atoms with Gasteiger partial charge in [0.2, 0.25) is 0 Å². The van der Waals surface area contributed by atoms with E-state index in [2.05, 4.69) is 4.90 Å². The molecule has 0 aromatic heterocycles. The molecule has 2 rings (SSSR count). The van der Waals surface area contributed by atoms with Crippen LogP contribution < -0.4 is 4.74 Å². The first-order valence-corrected chi connectivity index (χ1v) is 7.23. The van der Waals surface area contributed by atoms with E-state index in [1.807, 2.05) is 12.1 Å². The Hall–Kier alpha value is -1.88. The van der Waals surface area contributed by atoms with Crippen LogP contribution in [0.15, 0.2) is 24.3 Å². The number of benzene rings is 1. The van der Waals surface area contributed by atoms with Gasteiger partial charge in [-0.2, -0.15) is 0 Å². The Morgan fingerprint density at radius 3 is 2.86 bits per heavy atom. The molecule has 114 valence electrons. The van der Waals surface area contributed by atoms with Crippen molar-refractivity contribution < 1.29 is 19.4 Å². The molecule has 5 heteroatoms. The molecule has 1 aromatic carbocycles. The number of aliphatic carboxylic acids is 1. The van der Waals surface area contributed by atoms with Gasteiger partial charge in [-0.15, -0.1) is 0 Å². The fraction of sp³-hybridized carbons (Fsp3) is 0.500. The topological polar surface area (TPSA) is 66.8 Å². The monoisotopic (exact) mass is 291 g/mol. The van der Waals surface area contributed by atoms with Crippen LogP contribution in [0.2, 0.25) is 0 Å². The first-order valence-electron chi connectivity index (χ1n) is 7.23. The van der Waals surface area contributed by atoms with E-state index < -0.39 is 5.97 Å². The number of carboxylic acids is 1. The zero-order chi connectivity index (χ0) is 15.2. The van der Waals surface area contributed by atoms with E-state index in [0.29, 0.717) is 24.4 Å². The molecule has 1 heterocycles. The summed E-state index contributed by atoms with van der Waals surface area (Å²) < 4.78 is 5.25. The number of ether oxygens (including phenoxy) is 1. The van der Waals surface area contributed by atoms with Crippen LogP contribution in [0, 0.1) is 5.92 Å². The van der Waals surface area contributed by atoms with Gasteiger partial charge in [0.15, 0.2) is 5.78 Å². The summed E-state index contributed by atoms with van der Waals surface area (Å²) in [5, 5.41) is 8.76. The Balaban J connectivity index is 2.03. The molecule has 0 saturated carbocycles. The predicted molar refractivity (Wildman–Crippen MR) is 78.7 cm³/mol. The molecule has 0 spiro atoms. The quantitative estimate of drug-likeness (QED) is 0.813. The van der Waals surface area contributed by atoms with Gasteiger partial charge in [0.1, 0.15) is 5.75 Å². The molecule has 1 unspecified atom stereocenters. The summed E-state index contributed by atoms with van der Waals surface area (Å²) in [6, 6.07) is 7.26. The summed E-state index contributed by atoms with van der Waals surface area (Å²) in [5.41, 5.74) is 0.616. The maximum atomic E-state index is 12.6. The molecule has 1 fully saturated rings. The number of para-hydroxylation sites is 1. The lowest BCUT2D eigenvalue weighted by Crippen LogP contribution is -2.39. The molecule has 1 aliphatic rings. The van der Waals surface area contributed by atoms with Gasteiger partial charge in [0.25, 0.3) is 0 Å². The predicted octanol–water partition coefficient (Wildman–Crippen LogP) is 2.06. The van der Waals surface area contributed by atoms with Crippen molar-refractivity contribution in [2.75, 3.05) is 26.7 Å². The Labute approximate surface area is 124 Å². The number of carbonyl (C=O) groups is 2. The first-order chi connectivity index (χ1) is 10.1. The minimum Gasteiger partial charge on any atom is -0.496 e. The number of carboxylic acid groups (broad SMARTS) is 1. The Morgan fingerprint density at radius 2 is 2.14 bits per heavy atom. The number of piperidine rings is 1. The molecule has 0 aliphatic carbocycles. The SMILES string of the molecule is COc1ccccc1C(=O)C1CCCN(CCC(=O)O)C1. The van der Waals surface area contributed by atoms with Crippen LogP contribution >= 0.6 is 0 Å². The van der Waals surface area contributed by atoms with E-state index in [4.69, 9.17) is 9.84 Å². The van der Waals surface area contributed by atoms with Gasteiger partial charge < -0.3 is 14.7 Å². The van der Waals surface area contributed by atoms with E-state index >= 15 is 0 Å². The zero-order valence-corrected chi connectivity index (χ0v) is 12.2. The van der Waals surface area contributed by atoms with Crippen molar-refractivity contribution in [2.24, 2.45) is 5.92 Å². The summed E-state index contributed by atoms with van der Waals surface area (Å²) in [6.45, 7) is 2.00. The summed E-state index contributed by atoms with van der Waals surface area (Å²) in [6.07, 6.45) is 1.89. The van der Waals surface area contributed by atoms with Crippen molar-refractivity contribution in [1.29, 1.82) is 0 Å². The fourth-order valence-electron chi connectivity index (χ4n) is 2.79. The van der Waals surface area contributed by atoms with E-state index in [-0.39, 0.29) is 18.1 Å². The first kappa shape index (κ1) is 15.5. The minimum absolute atomic E-state index is 0.0798. The molecule has 1 N–H and O–H groups in total. The number of likely N-dealkylation sites (tertiary alicyclic amines) is 1. The van der Waals surface area contributed by atoms with Gasteiger partial charge in [-0.25, -0.2) is 0 Å². The van der Waals surface area contributed by atoms with Crippen molar-refractivity contribution in [2.45, 2.75) is 19.3 Å². The number of carbonyl (C=O) groups excluding carboxylic acids is 1. The third kappa shape index (κ3) is 4.04. The van der Waals surface area contributed by atoms with Gasteiger partial charge in [-0.1, -0.05) is 12.1 Å². The second kappa shape index (κ2) is 7.22. The van der Waals surface area contributed by atoms with Crippen LogP contribution in [-0.2, 0) is 4.79 Å². The number of nitrogens with zero attached hydrogens (tertiary/aromatic N) is 1. The third-order valence-corrected chi connectivity index (χ3v) is 3.89. The molecular formula is C16H21NO4. The summed E-state index contributed by atoms with van der Waals surface area (Å²) in [5.74, 6) is -0.186. The summed E-state index contributed by atoms with van der Waals surface area (Å²) in [4.78, 5) is 25.4. The fourth-order valence-corrected chi connectivity index (χ4v) is 2.79. The van der Waals surface area contributed by atoms with Gasteiger partial charge in [-0.3, -0.25) is 9.59 Å². The Bertz CT molecular complexity index is 515. The molecular weight excluding hydrogens is 270 g/mol. The van der Waals surface area contributed by atoms with Crippen LogP contribution in [-0.4, -0.2) is 48.5 Å². The molecule has 1 atom stereocenters. The van der Waals surface area contributed by atoms with Crippen LogP contribution in [0.3, 0.4) is 0 Å². The molecule has 0 amide bonds. The highest BCUT2D eigenvalue weighted by atomic mass is 16.5. The van der Waals surface area contributed by atoms with Crippen LogP contribution in [0.5, 0.6) is 5.75 Å². The highest BCUT2D eigenvalue weighted by Gasteiger charge is 2.28. The lowest BCUT2D eigenvalue weighted by atomic mass is 9.89. The van der Waals surface area contributed by atoms with Gasteiger partial charge in [-0.05, 0) is 31.5 Å². The normalized spacial score (nSPS) is 19.2. The molecule has 5 nitrogen and oxygen atoms in total. The van der Waals surface area contributed by atoms with Crippen molar-refractivity contribution in [3.63, 3.8) is 0 Å². The number of Topliss-reactive ketones (excluding diaryl/α,β-unsaturated/α-hetero) is 1. The van der Waals surface area contributed by atoms with E-state index in [1.165, 1.54) is 0 Å². The maximum Gasteiger partial charge on any atom is 0.304 e. The molecule has 0 bridgehead atoms. The largest absolute Gasteiger partial charge is 0.496 e. The lowest BCUT2D eigenvalue weighted by molar-refractivity contribution is -0.137. The van der Waals surface area contributed by atoms with Crippen LogP contribution in [0.1, 0.15) is 29.6 Å². The average Bonchev–Trinajstić information content (AvgIpc) is 2.52. The van der Waals surface area contributed by atoms with Crippen molar-refractivity contribution in [1.82, 2.24) is 4.90 Å². The van der Waals surface area contributed by atoms with Crippen molar-refractivity contribution >= 4 is 11.8 Å². The maximum absolute atomic E-state index is 12.6. The van der Waals surface area contributed by atoms with E-state index in [1.54, 1.807) is 19.2 Å².